The molecule has 2 atom stereocenters. The molecule has 5 nitrogen and oxygen atoms in total. The summed E-state index contributed by atoms with van der Waals surface area (Å²) in [6.07, 6.45) is 1.12. The van der Waals surface area contributed by atoms with Gasteiger partial charge in [-0.15, -0.1) is 0 Å². The van der Waals surface area contributed by atoms with E-state index in [1.54, 1.807) is 0 Å². The van der Waals surface area contributed by atoms with Gasteiger partial charge in [-0.25, -0.2) is 4.90 Å². The zero-order valence-electron chi connectivity index (χ0n) is 20.0. The van der Waals surface area contributed by atoms with Gasteiger partial charge in [0.15, 0.2) is 0 Å². The zero-order valence-corrected chi connectivity index (χ0v) is 20.0. The maximum atomic E-state index is 14.0. The standard InChI is InChI=1S/C29H30N2O3/c1-4-34-23-14-12-22(13-15-23)26-27(30-17-19(2)16-20(3)18-30)29(33)31(28(26)32)25-11-7-9-21-8-5-6-10-24(21)25/h5-15,19-20H,4,16-18H2,1-3H3. The molecule has 174 valence electrons. The van der Waals surface area contributed by atoms with Gasteiger partial charge in [-0.1, -0.05) is 62.4 Å². The van der Waals surface area contributed by atoms with E-state index in [9.17, 15) is 9.59 Å². The van der Waals surface area contributed by atoms with Crippen molar-refractivity contribution in [2.24, 2.45) is 11.8 Å². The van der Waals surface area contributed by atoms with E-state index in [0.29, 0.717) is 35.4 Å². The van der Waals surface area contributed by atoms with Gasteiger partial charge in [0, 0.05) is 18.5 Å². The van der Waals surface area contributed by atoms with E-state index < -0.39 is 0 Å². The molecule has 0 N–H and O–H groups in total. The highest BCUT2D eigenvalue weighted by Gasteiger charge is 2.44. The van der Waals surface area contributed by atoms with Crippen LogP contribution in [0.15, 0.2) is 72.4 Å². The fourth-order valence-electron chi connectivity index (χ4n) is 5.42. The molecule has 0 saturated carbocycles. The predicted octanol–water partition coefficient (Wildman–Crippen LogP) is 5.50. The van der Waals surface area contributed by atoms with Crippen LogP contribution in [0.4, 0.5) is 5.69 Å². The molecule has 5 rings (SSSR count). The number of anilines is 1. The fourth-order valence-corrected chi connectivity index (χ4v) is 5.42. The highest BCUT2D eigenvalue weighted by Crippen LogP contribution is 2.39. The van der Waals surface area contributed by atoms with Crippen LogP contribution >= 0.6 is 0 Å². The Bertz CT molecular complexity index is 1260. The third kappa shape index (κ3) is 3.85. The highest BCUT2D eigenvalue weighted by molar-refractivity contribution is 6.46. The second-order valence-corrected chi connectivity index (χ2v) is 9.48. The van der Waals surface area contributed by atoms with Gasteiger partial charge >= 0.3 is 0 Å². The van der Waals surface area contributed by atoms with Crippen LogP contribution < -0.4 is 9.64 Å². The monoisotopic (exact) mass is 454 g/mol. The maximum Gasteiger partial charge on any atom is 0.282 e. The summed E-state index contributed by atoms with van der Waals surface area (Å²) in [5, 5.41) is 1.89. The number of nitrogens with zero attached hydrogens (tertiary/aromatic N) is 2. The van der Waals surface area contributed by atoms with Gasteiger partial charge in [0.25, 0.3) is 11.8 Å². The van der Waals surface area contributed by atoms with Crippen molar-refractivity contribution in [3.05, 3.63) is 78.0 Å². The topological polar surface area (TPSA) is 49.9 Å². The predicted molar refractivity (Wildman–Crippen MR) is 135 cm³/mol. The van der Waals surface area contributed by atoms with E-state index in [0.717, 1.165) is 41.6 Å². The molecule has 2 unspecified atom stereocenters. The number of fused-ring (bicyclic) bond motifs is 1. The van der Waals surface area contributed by atoms with Gasteiger partial charge in [-0.05, 0) is 54.3 Å². The lowest BCUT2D eigenvalue weighted by atomic mass is 9.91. The molecule has 2 heterocycles. The number of piperidine rings is 1. The Morgan fingerprint density at radius 2 is 1.53 bits per heavy atom. The SMILES string of the molecule is CCOc1ccc(C2=C(N3CC(C)CC(C)C3)C(=O)N(c3cccc4ccccc34)C2=O)cc1. The zero-order chi connectivity index (χ0) is 23.8. The van der Waals surface area contributed by atoms with E-state index in [2.05, 4.69) is 18.7 Å². The van der Waals surface area contributed by atoms with E-state index >= 15 is 0 Å². The summed E-state index contributed by atoms with van der Waals surface area (Å²) in [6, 6.07) is 21.1. The minimum atomic E-state index is -0.272. The van der Waals surface area contributed by atoms with E-state index in [1.807, 2.05) is 73.7 Å². The molecule has 2 aliphatic rings. The summed E-state index contributed by atoms with van der Waals surface area (Å²) in [7, 11) is 0. The third-order valence-corrected chi connectivity index (χ3v) is 6.71. The molecule has 3 aromatic rings. The molecule has 1 saturated heterocycles. The van der Waals surface area contributed by atoms with Crippen molar-refractivity contribution in [1.82, 2.24) is 4.90 Å². The summed E-state index contributed by atoms with van der Waals surface area (Å²) in [5.74, 6) is 1.13. The summed E-state index contributed by atoms with van der Waals surface area (Å²) in [6.45, 7) is 8.47. The van der Waals surface area contributed by atoms with Gasteiger partial charge in [-0.3, -0.25) is 9.59 Å². The second kappa shape index (κ2) is 8.98. The van der Waals surface area contributed by atoms with Gasteiger partial charge < -0.3 is 9.64 Å². The number of likely N-dealkylation sites (tertiary alicyclic amines) is 1. The molecule has 0 bridgehead atoms. The number of amides is 2. The number of rotatable bonds is 5. The smallest absolute Gasteiger partial charge is 0.282 e. The summed E-state index contributed by atoms with van der Waals surface area (Å²) >= 11 is 0. The molecule has 0 radical (unpaired) electrons. The Morgan fingerprint density at radius 1 is 0.853 bits per heavy atom. The second-order valence-electron chi connectivity index (χ2n) is 9.48. The van der Waals surface area contributed by atoms with E-state index in [-0.39, 0.29) is 11.8 Å². The van der Waals surface area contributed by atoms with Crippen molar-refractivity contribution in [3.63, 3.8) is 0 Å². The minimum Gasteiger partial charge on any atom is -0.494 e. The van der Waals surface area contributed by atoms with Crippen molar-refractivity contribution in [2.45, 2.75) is 27.2 Å². The number of carbonyl (C=O) groups is 2. The fraction of sp³-hybridized carbons (Fsp3) is 0.310. The van der Waals surface area contributed by atoms with E-state index in [1.165, 1.54) is 4.90 Å². The molecular formula is C29H30N2O3. The average Bonchev–Trinajstić information content (AvgIpc) is 3.08. The number of carbonyl (C=O) groups excluding carboxylic acids is 2. The maximum absolute atomic E-state index is 14.0. The van der Waals surface area contributed by atoms with Crippen LogP contribution in [0, 0.1) is 11.8 Å². The molecule has 0 aromatic heterocycles. The lowest BCUT2D eigenvalue weighted by molar-refractivity contribution is -0.120. The number of hydrogen-bond donors (Lipinski definition) is 0. The van der Waals surface area contributed by atoms with Crippen LogP contribution in [0.3, 0.4) is 0 Å². The van der Waals surface area contributed by atoms with Crippen molar-refractivity contribution in [2.75, 3.05) is 24.6 Å². The van der Waals surface area contributed by atoms with Gasteiger partial charge in [0.2, 0.25) is 0 Å². The van der Waals surface area contributed by atoms with Crippen LogP contribution in [0.25, 0.3) is 16.3 Å². The Hall–Kier alpha value is -3.60. The van der Waals surface area contributed by atoms with Crippen LogP contribution in [-0.4, -0.2) is 36.4 Å². The van der Waals surface area contributed by atoms with Crippen LogP contribution in [0.1, 0.15) is 32.8 Å². The Labute approximate surface area is 200 Å². The molecule has 0 spiro atoms. The number of benzene rings is 3. The van der Waals surface area contributed by atoms with Gasteiger partial charge in [0.1, 0.15) is 11.4 Å². The number of hydrogen-bond acceptors (Lipinski definition) is 4. The summed E-state index contributed by atoms with van der Waals surface area (Å²) < 4.78 is 5.59. The molecule has 0 aliphatic carbocycles. The van der Waals surface area contributed by atoms with Crippen molar-refractivity contribution >= 4 is 33.8 Å². The van der Waals surface area contributed by atoms with Crippen LogP contribution in [0.5, 0.6) is 5.75 Å². The molecule has 1 fully saturated rings. The first-order chi connectivity index (χ1) is 16.5. The molecule has 2 aliphatic heterocycles. The van der Waals surface area contributed by atoms with Crippen LogP contribution in [-0.2, 0) is 9.59 Å². The molecule has 2 amide bonds. The van der Waals surface area contributed by atoms with Crippen molar-refractivity contribution in [1.29, 1.82) is 0 Å². The quantitative estimate of drug-likeness (QED) is 0.478. The van der Waals surface area contributed by atoms with Crippen molar-refractivity contribution in [3.8, 4) is 5.75 Å². The first-order valence-corrected chi connectivity index (χ1v) is 12.1. The van der Waals surface area contributed by atoms with Crippen LogP contribution in [0.2, 0.25) is 0 Å². The van der Waals surface area contributed by atoms with Gasteiger partial charge in [-0.2, -0.15) is 0 Å². The Balaban J connectivity index is 1.64. The highest BCUT2D eigenvalue weighted by atomic mass is 16.5. The third-order valence-electron chi connectivity index (χ3n) is 6.71. The largest absolute Gasteiger partial charge is 0.494 e. The number of imide groups is 1. The normalized spacial score (nSPS) is 21.0. The Morgan fingerprint density at radius 3 is 2.24 bits per heavy atom. The minimum absolute atomic E-state index is 0.244. The van der Waals surface area contributed by atoms with Crippen molar-refractivity contribution < 1.29 is 14.3 Å². The molecule has 5 heteroatoms. The average molecular weight is 455 g/mol. The molecular weight excluding hydrogens is 424 g/mol. The molecule has 3 aromatic carbocycles. The first kappa shape index (κ1) is 22.2. The lowest BCUT2D eigenvalue weighted by Crippen LogP contribution is -2.42. The van der Waals surface area contributed by atoms with Gasteiger partial charge in [0.05, 0.1) is 17.9 Å². The first-order valence-electron chi connectivity index (χ1n) is 12.1. The van der Waals surface area contributed by atoms with E-state index in [4.69, 9.17) is 4.74 Å². The summed E-state index contributed by atoms with van der Waals surface area (Å²) in [5.41, 5.74) is 2.36. The Kier molecular flexibility index (Phi) is 5.86. The molecule has 34 heavy (non-hydrogen) atoms. The summed E-state index contributed by atoms with van der Waals surface area (Å²) in [4.78, 5) is 31.5. The number of ether oxygens (including phenoxy) is 1. The lowest BCUT2D eigenvalue weighted by Gasteiger charge is -2.37.